The van der Waals surface area contributed by atoms with Crippen molar-refractivity contribution in [1.82, 2.24) is 0 Å². The van der Waals surface area contributed by atoms with E-state index in [4.69, 9.17) is 0 Å². The highest BCUT2D eigenvalue weighted by molar-refractivity contribution is 5.75. The van der Waals surface area contributed by atoms with Crippen molar-refractivity contribution in [3.05, 3.63) is 12.2 Å². The van der Waals surface area contributed by atoms with E-state index in [0.29, 0.717) is 5.57 Å². The molecule has 5 heteroatoms. The van der Waals surface area contributed by atoms with Crippen molar-refractivity contribution < 1.29 is 22.7 Å². The maximum atomic E-state index is 11.6. The molecule has 0 N–H and O–H groups in total. The van der Waals surface area contributed by atoms with Crippen LogP contribution in [0.4, 0.5) is 13.2 Å². The van der Waals surface area contributed by atoms with E-state index in [1.54, 1.807) is 0 Å². The van der Waals surface area contributed by atoms with Gasteiger partial charge in [-0.1, -0.05) is 6.58 Å². The van der Waals surface area contributed by atoms with Crippen molar-refractivity contribution in [2.24, 2.45) is 0 Å². The predicted molar refractivity (Wildman–Crippen MR) is 36.4 cm³/mol. The average Bonchev–Trinajstić information content (AvgIpc) is 1.85. The van der Waals surface area contributed by atoms with Crippen molar-refractivity contribution in [3.63, 3.8) is 0 Å². The van der Waals surface area contributed by atoms with Gasteiger partial charge in [-0.3, -0.25) is 0 Å². The molecule has 70 valence electrons. The smallest absolute Gasteiger partial charge is 0.452 e. The largest absolute Gasteiger partial charge is 0.490 e. The molecule has 0 saturated heterocycles. The summed E-state index contributed by atoms with van der Waals surface area (Å²) in [5.41, 5.74) is 0.368. The lowest BCUT2D eigenvalue weighted by Crippen LogP contribution is -2.29. The molecule has 0 aromatic heterocycles. The van der Waals surface area contributed by atoms with Gasteiger partial charge in [0.05, 0.1) is 0 Å². The minimum atomic E-state index is -4.93. The van der Waals surface area contributed by atoms with Crippen molar-refractivity contribution in [1.29, 1.82) is 0 Å². The fourth-order valence-electron chi connectivity index (χ4n) is 0.328. The minimum Gasteiger partial charge on any atom is -0.452 e. The van der Waals surface area contributed by atoms with Gasteiger partial charge in [0.25, 0.3) is 0 Å². The molecule has 0 spiro atoms. The Morgan fingerprint density at radius 1 is 1.50 bits per heavy atom. The van der Waals surface area contributed by atoms with E-state index in [2.05, 4.69) is 11.3 Å². The number of hydrogen-bond acceptors (Lipinski definition) is 2. The molecule has 1 unspecified atom stereocenters. The van der Waals surface area contributed by atoms with E-state index in [9.17, 15) is 18.0 Å². The molecule has 0 aliphatic rings. The third-order valence-corrected chi connectivity index (χ3v) is 1.21. The number of hydrogen-bond donors (Lipinski definition) is 0. The van der Waals surface area contributed by atoms with Crippen molar-refractivity contribution >= 4 is 5.97 Å². The van der Waals surface area contributed by atoms with Gasteiger partial charge in [0, 0.05) is 0 Å². The second-order valence-corrected chi connectivity index (χ2v) is 2.39. The molecule has 0 amide bonds. The number of carbonyl (C=O) groups excluding carboxylic acids is 1. The van der Waals surface area contributed by atoms with E-state index in [1.807, 2.05) is 0 Å². The molecule has 0 aromatic carbocycles. The number of halogens is 3. The average molecular weight is 182 g/mol. The quantitative estimate of drug-likeness (QED) is 0.482. The Balaban J connectivity index is 4.11. The summed E-state index contributed by atoms with van der Waals surface area (Å²) in [5, 5.41) is 0. The van der Waals surface area contributed by atoms with Crippen LogP contribution in [0.3, 0.4) is 0 Å². The first kappa shape index (κ1) is 11.0. The highest BCUT2D eigenvalue weighted by atomic mass is 19.4. The number of alkyl halides is 3. The summed E-state index contributed by atoms with van der Waals surface area (Å²) < 4.78 is 38.7. The Morgan fingerprint density at radius 2 is 1.92 bits per heavy atom. The standard InChI is InChI=1S/C7H9F3O2/c1-4(2)5(3)12-6(11)7(8,9)10/h5H,1H2,2-3H3. The fraction of sp³-hybridized carbons (Fsp3) is 0.571. The Bertz CT molecular complexity index is 195. The molecule has 0 rings (SSSR count). The van der Waals surface area contributed by atoms with Crippen LogP contribution in [-0.4, -0.2) is 18.2 Å². The number of esters is 1. The van der Waals surface area contributed by atoms with E-state index in [-0.39, 0.29) is 0 Å². The van der Waals surface area contributed by atoms with Crippen molar-refractivity contribution in [2.45, 2.75) is 26.1 Å². The normalized spacial score (nSPS) is 13.8. The molecule has 0 heterocycles. The van der Waals surface area contributed by atoms with Crippen molar-refractivity contribution in [3.8, 4) is 0 Å². The summed E-state index contributed by atoms with van der Waals surface area (Å²) in [6.07, 6.45) is -5.83. The molecular weight excluding hydrogens is 173 g/mol. The maximum Gasteiger partial charge on any atom is 0.490 e. The third kappa shape index (κ3) is 3.41. The maximum absolute atomic E-state index is 11.6. The Kier molecular flexibility index (Phi) is 3.30. The third-order valence-electron chi connectivity index (χ3n) is 1.21. The molecule has 0 aliphatic carbocycles. The predicted octanol–water partition coefficient (Wildman–Crippen LogP) is 2.06. The Morgan fingerprint density at radius 3 is 2.17 bits per heavy atom. The molecule has 12 heavy (non-hydrogen) atoms. The van der Waals surface area contributed by atoms with Gasteiger partial charge in [-0.2, -0.15) is 13.2 Å². The second-order valence-electron chi connectivity index (χ2n) is 2.39. The minimum absolute atomic E-state index is 0.368. The molecule has 2 nitrogen and oxygen atoms in total. The summed E-state index contributed by atoms with van der Waals surface area (Å²) in [5.74, 6) is -2.18. The van der Waals surface area contributed by atoms with E-state index in [1.165, 1.54) is 13.8 Å². The second kappa shape index (κ2) is 3.60. The van der Waals surface area contributed by atoms with Gasteiger partial charge in [-0.05, 0) is 19.4 Å². The first-order valence-electron chi connectivity index (χ1n) is 3.18. The van der Waals surface area contributed by atoms with E-state index < -0.39 is 18.2 Å². The molecule has 0 radical (unpaired) electrons. The van der Waals surface area contributed by atoms with Gasteiger partial charge in [-0.25, -0.2) is 4.79 Å². The monoisotopic (exact) mass is 182 g/mol. The van der Waals surface area contributed by atoms with Crippen LogP contribution in [0.15, 0.2) is 12.2 Å². The van der Waals surface area contributed by atoms with Crippen LogP contribution in [0.25, 0.3) is 0 Å². The van der Waals surface area contributed by atoms with Crippen LogP contribution in [0, 0.1) is 0 Å². The van der Waals surface area contributed by atoms with E-state index >= 15 is 0 Å². The lowest BCUT2D eigenvalue weighted by Gasteiger charge is -2.13. The SMILES string of the molecule is C=C(C)C(C)OC(=O)C(F)(F)F. The first-order chi connectivity index (χ1) is 5.25. The van der Waals surface area contributed by atoms with Gasteiger partial charge in [-0.15, -0.1) is 0 Å². The fourth-order valence-corrected chi connectivity index (χ4v) is 0.328. The Labute approximate surface area is 68.0 Å². The zero-order valence-electron chi connectivity index (χ0n) is 6.73. The summed E-state index contributed by atoms with van der Waals surface area (Å²) in [7, 11) is 0. The number of ether oxygens (including phenoxy) is 1. The molecule has 0 aromatic rings. The van der Waals surface area contributed by atoms with Crippen LogP contribution in [0.1, 0.15) is 13.8 Å². The van der Waals surface area contributed by atoms with Crippen LogP contribution in [0.5, 0.6) is 0 Å². The summed E-state index contributed by atoms with van der Waals surface area (Å²) in [6.45, 7) is 6.15. The van der Waals surface area contributed by atoms with Crippen molar-refractivity contribution in [2.75, 3.05) is 0 Å². The zero-order valence-corrected chi connectivity index (χ0v) is 6.73. The van der Waals surface area contributed by atoms with E-state index in [0.717, 1.165) is 0 Å². The van der Waals surface area contributed by atoms with Gasteiger partial charge in [0.1, 0.15) is 6.10 Å². The molecule has 0 bridgehead atoms. The lowest BCUT2D eigenvalue weighted by molar-refractivity contribution is -0.202. The first-order valence-corrected chi connectivity index (χ1v) is 3.18. The molecule has 0 fully saturated rings. The van der Waals surface area contributed by atoms with Crippen LogP contribution in [-0.2, 0) is 9.53 Å². The Hall–Kier alpha value is -1.00. The topological polar surface area (TPSA) is 26.3 Å². The highest BCUT2D eigenvalue weighted by Crippen LogP contribution is 2.18. The summed E-state index contributed by atoms with van der Waals surface area (Å²) >= 11 is 0. The summed E-state index contributed by atoms with van der Waals surface area (Å²) in [6, 6.07) is 0. The molecule has 0 aliphatic heterocycles. The van der Waals surface area contributed by atoms with Gasteiger partial charge < -0.3 is 4.74 Å². The number of rotatable bonds is 2. The summed E-state index contributed by atoms with van der Waals surface area (Å²) in [4.78, 5) is 10.2. The molecule has 1 atom stereocenters. The van der Waals surface area contributed by atoms with Gasteiger partial charge >= 0.3 is 12.1 Å². The van der Waals surface area contributed by atoms with Gasteiger partial charge in [0.2, 0.25) is 0 Å². The lowest BCUT2D eigenvalue weighted by atomic mass is 10.2. The highest BCUT2D eigenvalue weighted by Gasteiger charge is 2.41. The van der Waals surface area contributed by atoms with Gasteiger partial charge in [0.15, 0.2) is 0 Å². The zero-order chi connectivity index (χ0) is 9.94. The molecule has 0 saturated carbocycles. The van der Waals surface area contributed by atoms with Crippen LogP contribution < -0.4 is 0 Å². The van der Waals surface area contributed by atoms with Crippen LogP contribution >= 0.6 is 0 Å². The molecular formula is C7H9F3O2. The number of carbonyl (C=O) groups is 1. The van der Waals surface area contributed by atoms with Crippen LogP contribution in [0.2, 0.25) is 0 Å².